The molecule has 4 rings (SSSR count). The second kappa shape index (κ2) is 8.71. The van der Waals surface area contributed by atoms with Crippen molar-refractivity contribution in [3.63, 3.8) is 0 Å². The third-order valence-electron chi connectivity index (χ3n) is 4.71. The molecular formula is C19H18Cl2N4O3S. The Morgan fingerprint density at radius 1 is 1.17 bits per heavy atom. The van der Waals surface area contributed by atoms with Crippen molar-refractivity contribution in [3.05, 3.63) is 61.9 Å². The number of ether oxygens (including phenoxy) is 1. The highest BCUT2D eigenvalue weighted by molar-refractivity contribution is 7.15. The minimum Gasteiger partial charge on any atom is -0.482 e. The van der Waals surface area contributed by atoms with Gasteiger partial charge in [0, 0.05) is 55.4 Å². The van der Waals surface area contributed by atoms with E-state index in [1.165, 1.54) is 15.7 Å². The molecule has 2 aromatic heterocycles. The molecule has 152 valence electrons. The van der Waals surface area contributed by atoms with E-state index < -0.39 is 0 Å². The molecule has 0 bridgehead atoms. The molecule has 7 nitrogen and oxygen atoms in total. The Balaban J connectivity index is 1.29. The van der Waals surface area contributed by atoms with Crippen molar-refractivity contribution in [2.45, 2.75) is 6.54 Å². The fraction of sp³-hybridized carbons (Fsp3) is 0.316. The van der Waals surface area contributed by atoms with Gasteiger partial charge in [0.05, 0.1) is 10.7 Å². The molecule has 1 amide bonds. The first kappa shape index (κ1) is 20.2. The van der Waals surface area contributed by atoms with Crippen LogP contribution >= 0.6 is 34.5 Å². The van der Waals surface area contributed by atoms with Gasteiger partial charge in [-0.05, 0) is 18.2 Å². The summed E-state index contributed by atoms with van der Waals surface area (Å²) in [6.45, 7) is 3.11. The predicted molar refractivity (Wildman–Crippen MR) is 113 cm³/mol. The van der Waals surface area contributed by atoms with Crippen molar-refractivity contribution >= 4 is 45.4 Å². The van der Waals surface area contributed by atoms with Gasteiger partial charge >= 0.3 is 0 Å². The number of carbonyl (C=O) groups is 1. The molecule has 0 N–H and O–H groups in total. The SMILES string of the molecule is O=C(COc1ccc(Cl)cc1Cl)N1CCN(Cc2cc(=O)n3ccsc3n2)CC1. The van der Waals surface area contributed by atoms with Crippen LogP contribution in [0.2, 0.25) is 10.0 Å². The Kier molecular flexibility index (Phi) is 6.05. The molecule has 3 heterocycles. The minimum atomic E-state index is -0.0907. The van der Waals surface area contributed by atoms with Crippen LogP contribution in [-0.2, 0) is 11.3 Å². The monoisotopic (exact) mass is 452 g/mol. The second-order valence-electron chi connectivity index (χ2n) is 6.66. The van der Waals surface area contributed by atoms with Crippen LogP contribution in [0, 0.1) is 0 Å². The number of benzene rings is 1. The molecule has 1 fully saturated rings. The van der Waals surface area contributed by atoms with Gasteiger partial charge in [-0.2, -0.15) is 0 Å². The molecule has 29 heavy (non-hydrogen) atoms. The third-order valence-corrected chi connectivity index (χ3v) is 6.00. The number of halogens is 2. The fourth-order valence-electron chi connectivity index (χ4n) is 3.18. The van der Waals surface area contributed by atoms with Gasteiger partial charge in [-0.3, -0.25) is 18.9 Å². The Bertz CT molecular complexity index is 1090. The summed E-state index contributed by atoms with van der Waals surface area (Å²) in [5.74, 6) is 0.344. The molecule has 3 aromatic rings. The summed E-state index contributed by atoms with van der Waals surface area (Å²) >= 11 is 13.4. The summed E-state index contributed by atoms with van der Waals surface area (Å²) in [7, 11) is 0. The van der Waals surface area contributed by atoms with Gasteiger partial charge in [0.2, 0.25) is 0 Å². The molecule has 10 heteroatoms. The van der Waals surface area contributed by atoms with Crippen molar-refractivity contribution in [2.24, 2.45) is 0 Å². The maximum atomic E-state index is 12.4. The maximum Gasteiger partial charge on any atom is 0.260 e. The summed E-state index contributed by atoms with van der Waals surface area (Å²) in [6.07, 6.45) is 1.72. The Hall–Kier alpha value is -2.13. The normalized spacial score (nSPS) is 15.0. The molecule has 1 aliphatic rings. The van der Waals surface area contributed by atoms with Crippen LogP contribution in [-0.4, -0.2) is 57.9 Å². The zero-order valence-electron chi connectivity index (χ0n) is 15.4. The van der Waals surface area contributed by atoms with Gasteiger partial charge in [-0.15, -0.1) is 11.3 Å². The number of rotatable bonds is 5. The minimum absolute atomic E-state index is 0.0712. The van der Waals surface area contributed by atoms with E-state index in [0.29, 0.717) is 53.5 Å². The Morgan fingerprint density at radius 2 is 1.97 bits per heavy atom. The number of carbonyl (C=O) groups excluding carboxylic acids is 1. The lowest BCUT2D eigenvalue weighted by Crippen LogP contribution is -2.49. The van der Waals surface area contributed by atoms with E-state index in [2.05, 4.69) is 9.88 Å². The topological polar surface area (TPSA) is 67.2 Å². The first-order valence-electron chi connectivity index (χ1n) is 9.03. The average Bonchev–Trinajstić information content (AvgIpc) is 3.17. The maximum absolute atomic E-state index is 12.4. The predicted octanol–water partition coefficient (Wildman–Crippen LogP) is 2.79. The van der Waals surface area contributed by atoms with Crippen molar-refractivity contribution in [1.29, 1.82) is 0 Å². The highest BCUT2D eigenvalue weighted by Crippen LogP contribution is 2.27. The lowest BCUT2D eigenvalue weighted by atomic mass is 10.2. The molecule has 1 aliphatic heterocycles. The van der Waals surface area contributed by atoms with E-state index in [0.717, 1.165) is 5.69 Å². The van der Waals surface area contributed by atoms with Crippen LogP contribution in [0.15, 0.2) is 40.6 Å². The van der Waals surface area contributed by atoms with Crippen LogP contribution in [0.4, 0.5) is 0 Å². The number of hydrogen-bond donors (Lipinski definition) is 0. The van der Waals surface area contributed by atoms with Gasteiger partial charge in [0.1, 0.15) is 5.75 Å². The third kappa shape index (κ3) is 4.72. The molecule has 0 aliphatic carbocycles. The largest absolute Gasteiger partial charge is 0.482 e. The number of aromatic nitrogens is 2. The van der Waals surface area contributed by atoms with Gasteiger partial charge < -0.3 is 9.64 Å². The second-order valence-corrected chi connectivity index (χ2v) is 8.38. The van der Waals surface area contributed by atoms with Crippen molar-refractivity contribution in [1.82, 2.24) is 19.2 Å². The molecule has 1 saturated heterocycles. The average molecular weight is 453 g/mol. The summed E-state index contributed by atoms with van der Waals surface area (Å²) in [5, 5.41) is 2.73. The van der Waals surface area contributed by atoms with Gasteiger partial charge in [0.15, 0.2) is 11.6 Å². The lowest BCUT2D eigenvalue weighted by molar-refractivity contribution is -0.135. The lowest BCUT2D eigenvalue weighted by Gasteiger charge is -2.34. The van der Waals surface area contributed by atoms with Gasteiger partial charge in [-0.25, -0.2) is 4.98 Å². The van der Waals surface area contributed by atoms with E-state index in [1.807, 2.05) is 5.38 Å². The molecule has 0 saturated carbocycles. The van der Waals surface area contributed by atoms with Crippen LogP contribution < -0.4 is 10.3 Å². The molecule has 1 aromatic carbocycles. The summed E-state index contributed by atoms with van der Waals surface area (Å²) in [6, 6.07) is 6.46. The zero-order valence-corrected chi connectivity index (χ0v) is 17.7. The summed E-state index contributed by atoms with van der Waals surface area (Å²) in [4.78, 5) is 33.7. The summed E-state index contributed by atoms with van der Waals surface area (Å²) < 4.78 is 7.07. The van der Waals surface area contributed by atoms with Crippen molar-refractivity contribution < 1.29 is 9.53 Å². The van der Waals surface area contributed by atoms with E-state index in [4.69, 9.17) is 27.9 Å². The standard InChI is InChI=1S/C19H18Cl2N4O3S/c20-13-1-2-16(15(21)9-13)28-12-18(27)24-5-3-23(4-6-24)11-14-10-17(26)25-7-8-29-19(25)22-14/h1-2,7-10H,3-6,11-12H2. The molecule has 0 spiro atoms. The number of nitrogens with zero attached hydrogens (tertiary/aromatic N) is 4. The quantitative estimate of drug-likeness (QED) is 0.595. The highest BCUT2D eigenvalue weighted by atomic mass is 35.5. The van der Waals surface area contributed by atoms with Gasteiger partial charge in [-0.1, -0.05) is 23.2 Å². The molecular weight excluding hydrogens is 435 g/mol. The summed E-state index contributed by atoms with van der Waals surface area (Å²) in [5.41, 5.74) is 0.677. The highest BCUT2D eigenvalue weighted by Gasteiger charge is 2.22. The molecule has 0 radical (unpaired) electrons. The van der Waals surface area contributed by atoms with Crippen molar-refractivity contribution in [3.8, 4) is 5.75 Å². The number of piperazine rings is 1. The molecule has 0 unspecified atom stereocenters. The Morgan fingerprint density at radius 3 is 2.72 bits per heavy atom. The van der Waals surface area contributed by atoms with E-state index >= 15 is 0 Å². The van der Waals surface area contributed by atoms with Crippen LogP contribution in [0.1, 0.15) is 5.69 Å². The van der Waals surface area contributed by atoms with Crippen LogP contribution in [0.3, 0.4) is 0 Å². The van der Waals surface area contributed by atoms with Gasteiger partial charge in [0.25, 0.3) is 11.5 Å². The first-order chi connectivity index (χ1) is 14.0. The number of fused-ring (bicyclic) bond motifs is 1. The first-order valence-corrected chi connectivity index (χ1v) is 10.7. The zero-order chi connectivity index (χ0) is 20.4. The number of amides is 1. The smallest absolute Gasteiger partial charge is 0.260 e. The van der Waals surface area contributed by atoms with Crippen LogP contribution in [0.25, 0.3) is 4.96 Å². The van der Waals surface area contributed by atoms with Crippen LogP contribution in [0.5, 0.6) is 5.75 Å². The number of thiazole rings is 1. The Labute approximate surface area is 181 Å². The fourth-order valence-corrected chi connectivity index (χ4v) is 4.38. The molecule has 0 atom stereocenters. The van der Waals surface area contributed by atoms with E-state index in [1.54, 1.807) is 35.4 Å². The number of hydrogen-bond acceptors (Lipinski definition) is 6. The van der Waals surface area contributed by atoms with E-state index in [9.17, 15) is 9.59 Å². The van der Waals surface area contributed by atoms with Crippen molar-refractivity contribution in [2.75, 3.05) is 32.8 Å². The van der Waals surface area contributed by atoms with E-state index in [-0.39, 0.29) is 18.1 Å².